The van der Waals surface area contributed by atoms with Crippen molar-refractivity contribution in [2.24, 2.45) is 0 Å². The van der Waals surface area contributed by atoms with Crippen LogP contribution < -0.4 is 0 Å². The number of nitrogens with zero attached hydrogens (tertiary/aromatic N) is 2. The summed E-state index contributed by atoms with van der Waals surface area (Å²) in [6, 6.07) is 1.60. The maximum Gasteiger partial charge on any atom is 0.159 e. The van der Waals surface area contributed by atoms with Crippen LogP contribution in [-0.4, -0.2) is 38.0 Å². The van der Waals surface area contributed by atoms with Crippen molar-refractivity contribution in [1.82, 2.24) is 9.97 Å². The molecule has 0 aliphatic rings. The van der Waals surface area contributed by atoms with Crippen molar-refractivity contribution in [3.8, 4) is 0 Å². The van der Waals surface area contributed by atoms with Crippen molar-refractivity contribution in [3.63, 3.8) is 0 Å². The summed E-state index contributed by atoms with van der Waals surface area (Å²) >= 11 is 0. The fourth-order valence-corrected chi connectivity index (χ4v) is 0.735. The zero-order valence-corrected chi connectivity index (χ0v) is 6.33. The Balaban J connectivity index is 2.71. The fraction of sp³-hybridized carbons (Fsp3) is 0.429. The molecule has 5 nitrogen and oxygen atoms in total. The standard InChI is InChI=1S/C7H10N2O3/c10-4-5(11)6(12)7-8-2-1-3-9-7/h1-3,5-6,10-12H,4H2. The summed E-state index contributed by atoms with van der Waals surface area (Å²) in [5.74, 6) is 0.110. The highest BCUT2D eigenvalue weighted by Gasteiger charge is 2.19. The molecule has 0 saturated heterocycles. The lowest BCUT2D eigenvalue weighted by Gasteiger charge is -2.12. The number of rotatable bonds is 3. The lowest BCUT2D eigenvalue weighted by Crippen LogP contribution is -2.23. The van der Waals surface area contributed by atoms with Gasteiger partial charge in [-0.25, -0.2) is 9.97 Å². The molecule has 0 aliphatic heterocycles. The second kappa shape index (κ2) is 4.10. The minimum Gasteiger partial charge on any atom is -0.394 e. The van der Waals surface area contributed by atoms with E-state index in [9.17, 15) is 5.11 Å². The zero-order valence-electron chi connectivity index (χ0n) is 6.33. The molecule has 12 heavy (non-hydrogen) atoms. The van der Waals surface area contributed by atoms with E-state index in [-0.39, 0.29) is 5.82 Å². The molecule has 2 unspecified atom stereocenters. The van der Waals surface area contributed by atoms with Gasteiger partial charge in [0.25, 0.3) is 0 Å². The number of hydrogen-bond donors (Lipinski definition) is 3. The van der Waals surface area contributed by atoms with Crippen molar-refractivity contribution in [1.29, 1.82) is 0 Å². The lowest BCUT2D eigenvalue weighted by molar-refractivity contribution is -0.0195. The van der Waals surface area contributed by atoms with Crippen LogP contribution in [0.1, 0.15) is 11.9 Å². The van der Waals surface area contributed by atoms with Gasteiger partial charge in [-0.05, 0) is 6.07 Å². The van der Waals surface area contributed by atoms with Gasteiger partial charge in [-0.2, -0.15) is 0 Å². The number of aromatic nitrogens is 2. The van der Waals surface area contributed by atoms with Gasteiger partial charge in [-0.15, -0.1) is 0 Å². The molecule has 0 amide bonds. The molecular weight excluding hydrogens is 160 g/mol. The highest BCUT2D eigenvalue weighted by Crippen LogP contribution is 2.10. The lowest BCUT2D eigenvalue weighted by atomic mass is 10.2. The summed E-state index contributed by atoms with van der Waals surface area (Å²) in [5.41, 5.74) is 0. The summed E-state index contributed by atoms with van der Waals surface area (Å²) < 4.78 is 0. The van der Waals surface area contributed by atoms with Crippen molar-refractivity contribution in [3.05, 3.63) is 24.3 Å². The third-order valence-corrected chi connectivity index (χ3v) is 1.40. The normalized spacial score (nSPS) is 15.6. The number of aliphatic hydroxyl groups excluding tert-OH is 3. The Labute approximate surface area is 69.3 Å². The average Bonchev–Trinajstić information content (AvgIpc) is 2.17. The van der Waals surface area contributed by atoms with Crippen LogP contribution in [0.2, 0.25) is 0 Å². The van der Waals surface area contributed by atoms with E-state index >= 15 is 0 Å². The van der Waals surface area contributed by atoms with Crippen LogP contribution in [0, 0.1) is 0 Å². The topological polar surface area (TPSA) is 86.5 Å². The van der Waals surface area contributed by atoms with Gasteiger partial charge in [-0.3, -0.25) is 0 Å². The average molecular weight is 170 g/mol. The SMILES string of the molecule is OCC(O)C(O)c1ncccn1. The molecule has 1 aromatic heterocycles. The van der Waals surface area contributed by atoms with E-state index in [1.54, 1.807) is 6.07 Å². The Kier molecular flexibility index (Phi) is 3.09. The first kappa shape index (κ1) is 9.05. The molecule has 0 saturated carbocycles. The van der Waals surface area contributed by atoms with E-state index in [1.165, 1.54) is 12.4 Å². The summed E-state index contributed by atoms with van der Waals surface area (Å²) in [4.78, 5) is 7.43. The molecule has 5 heteroatoms. The van der Waals surface area contributed by atoms with Crippen molar-refractivity contribution in [2.75, 3.05) is 6.61 Å². The van der Waals surface area contributed by atoms with Crippen LogP contribution in [0.15, 0.2) is 18.5 Å². The van der Waals surface area contributed by atoms with E-state index in [0.717, 1.165) is 0 Å². The Hall–Kier alpha value is -1.04. The van der Waals surface area contributed by atoms with E-state index in [1.807, 2.05) is 0 Å². The Morgan fingerprint density at radius 2 is 1.83 bits per heavy atom. The van der Waals surface area contributed by atoms with Gasteiger partial charge in [0.05, 0.1) is 6.61 Å². The summed E-state index contributed by atoms with van der Waals surface area (Å²) in [6.45, 7) is -0.514. The van der Waals surface area contributed by atoms with Crippen molar-refractivity contribution in [2.45, 2.75) is 12.2 Å². The third-order valence-electron chi connectivity index (χ3n) is 1.40. The van der Waals surface area contributed by atoms with Gasteiger partial charge in [0.1, 0.15) is 12.2 Å². The third kappa shape index (κ3) is 1.97. The second-order valence-electron chi connectivity index (χ2n) is 2.30. The molecule has 66 valence electrons. The van der Waals surface area contributed by atoms with Gasteiger partial charge in [-0.1, -0.05) is 0 Å². The van der Waals surface area contributed by atoms with E-state index in [2.05, 4.69) is 9.97 Å². The zero-order chi connectivity index (χ0) is 8.97. The van der Waals surface area contributed by atoms with Gasteiger partial charge >= 0.3 is 0 Å². The van der Waals surface area contributed by atoms with E-state index in [0.29, 0.717) is 0 Å². The predicted molar refractivity (Wildman–Crippen MR) is 40.1 cm³/mol. The van der Waals surface area contributed by atoms with Crippen LogP contribution >= 0.6 is 0 Å². The smallest absolute Gasteiger partial charge is 0.159 e. The summed E-state index contributed by atoms with van der Waals surface area (Å²) in [5, 5.41) is 26.8. The largest absolute Gasteiger partial charge is 0.394 e. The number of hydrogen-bond acceptors (Lipinski definition) is 5. The molecule has 0 aromatic carbocycles. The van der Waals surface area contributed by atoms with Gasteiger partial charge in [0, 0.05) is 12.4 Å². The molecule has 0 fully saturated rings. The second-order valence-corrected chi connectivity index (χ2v) is 2.30. The monoisotopic (exact) mass is 170 g/mol. The molecule has 2 atom stereocenters. The molecule has 0 bridgehead atoms. The Bertz CT molecular complexity index is 229. The molecule has 1 rings (SSSR count). The van der Waals surface area contributed by atoms with E-state index in [4.69, 9.17) is 10.2 Å². The van der Waals surface area contributed by atoms with Gasteiger partial charge in [0.15, 0.2) is 5.82 Å². The fourth-order valence-electron chi connectivity index (χ4n) is 0.735. The van der Waals surface area contributed by atoms with Crippen LogP contribution in [0.4, 0.5) is 0 Å². The summed E-state index contributed by atoms with van der Waals surface area (Å²) in [7, 11) is 0. The highest BCUT2D eigenvalue weighted by atomic mass is 16.4. The van der Waals surface area contributed by atoms with Crippen LogP contribution in [-0.2, 0) is 0 Å². The molecule has 1 heterocycles. The number of aliphatic hydroxyl groups is 3. The molecular formula is C7H10N2O3. The Morgan fingerprint density at radius 1 is 1.25 bits per heavy atom. The minimum atomic E-state index is -1.23. The van der Waals surface area contributed by atoms with Crippen LogP contribution in [0.5, 0.6) is 0 Å². The van der Waals surface area contributed by atoms with E-state index < -0.39 is 18.8 Å². The van der Waals surface area contributed by atoms with Crippen molar-refractivity contribution >= 4 is 0 Å². The maximum atomic E-state index is 9.25. The molecule has 3 N–H and O–H groups in total. The first-order valence-corrected chi connectivity index (χ1v) is 3.49. The Morgan fingerprint density at radius 3 is 2.33 bits per heavy atom. The highest BCUT2D eigenvalue weighted by molar-refractivity contribution is 4.94. The van der Waals surface area contributed by atoms with Gasteiger partial charge < -0.3 is 15.3 Å². The quantitative estimate of drug-likeness (QED) is 0.534. The van der Waals surface area contributed by atoms with Crippen molar-refractivity contribution < 1.29 is 15.3 Å². The van der Waals surface area contributed by atoms with Gasteiger partial charge in [0.2, 0.25) is 0 Å². The molecule has 0 radical (unpaired) electrons. The molecule has 1 aromatic rings. The van der Waals surface area contributed by atoms with Crippen LogP contribution in [0.25, 0.3) is 0 Å². The first-order chi connectivity index (χ1) is 5.75. The minimum absolute atomic E-state index is 0.110. The molecule has 0 aliphatic carbocycles. The van der Waals surface area contributed by atoms with Crippen LogP contribution in [0.3, 0.4) is 0 Å². The first-order valence-electron chi connectivity index (χ1n) is 3.49. The summed E-state index contributed by atoms with van der Waals surface area (Å²) in [6.07, 6.45) is 0.453. The predicted octanol–water partition coefficient (Wildman–Crippen LogP) is -1.14. The molecule has 0 spiro atoms. The maximum absolute atomic E-state index is 9.25.